The fourth-order valence-electron chi connectivity index (χ4n) is 2.71. The minimum Gasteiger partial charge on any atom is -0.322 e. The Bertz CT molecular complexity index is 1070. The van der Waals surface area contributed by atoms with E-state index >= 15 is 0 Å². The number of amides is 1. The van der Waals surface area contributed by atoms with Crippen molar-refractivity contribution in [3.05, 3.63) is 60.4 Å². The number of sulfone groups is 1. The van der Waals surface area contributed by atoms with E-state index in [0.717, 1.165) is 5.56 Å². The number of hydrogen-bond donors (Lipinski definition) is 1. The maximum atomic E-state index is 12.7. The molecule has 0 aliphatic carbocycles. The molecule has 0 unspecified atom stereocenters. The molecule has 8 heteroatoms. The number of aryl methyl sites for hydroxylation is 1. The van der Waals surface area contributed by atoms with Crippen LogP contribution < -0.4 is 5.32 Å². The summed E-state index contributed by atoms with van der Waals surface area (Å²) in [4.78, 5) is 17.0. The summed E-state index contributed by atoms with van der Waals surface area (Å²) >= 11 is 0. The maximum Gasteiger partial charge on any atom is 0.256 e. The van der Waals surface area contributed by atoms with Crippen molar-refractivity contribution < 1.29 is 13.2 Å². The first-order chi connectivity index (χ1) is 12.9. The number of nitrogens with one attached hydrogen (secondary N) is 1. The molecule has 0 fully saturated rings. The van der Waals surface area contributed by atoms with Gasteiger partial charge in [-0.05, 0) is 30.7 Å². The Balaban J connectivity index is 1.89. The monoisotopic (exact) mass is 384 g/mol. The SMILES string of the molecule is CCCS(=O)(=O)c1ccccc1C(=O)Nc1cccc(-c2ncn(C)n2)c1. The number of rotatable bonds is 6. The van der Waals surface area contributed by atoms with Crippen molar-refractivity contribution in [3.8, 4) is 11.4 Å². The molecule has 0 spiro atoms. The number of nitrogens with zero attached hydrogens (tertiary/aromatic N) is 3. The van der Waals surface area contributed by atoms with Gasteiger partial charge in [-0.1, -0.05) is 31.2 Å². The zero-order valence-electron chi connectivity index (χ0n) is 15.1. The van der Waals surface area contributed by atoms with Crippen molar-refractivity contribution in [2.75, 3.05) is 11.1 Å². The molecule has 0 saturated heterocycles. The highest BCUT2D eigenvalue weighted by Gasteiger charge is 2.21. The summed E-state index contributed by atoms with van der Waals surface area (Å²) in [5, 5.41) is 7.00. The molecule has 1 aromatic heterocycles. The van der Waals surface area contributed by atoms with Crippen LogP contribution in [-0.2, 0) is 16.9 Å². The second kappa shape index (κ2) is 7.71. The van der Waals surface area contributed by atoms with Crippen LogP contribution in [-0.4, -0.2) is 34.8 Å². The van der Waals surface area contributed by atoms with Crippen molar-refractivity contribution in [2.24, 2.45) is 7.05 Å². The minimum absolute atomic E-state index is 0.00186. The van der Waals surface area contributed by atoms with Gasteiger partial charge in [0.1, 0.15) is 6.33 Å². The molecule has 7 nitrogen and oxygen atoms in total. The van der Waals surface area contributed by atoms with Gasteiger partial charge in [0.05, 0.1) is 16.2 Å². The Hall–Kier alpha value is -3.00. The molecule has 3 aromatic rings. The Morgan fingerprint density at radius 2 is 1.93 bits per heavy atom. The summed E-state index contributed by atoms with van der Waals surface area (Å²) in [5.74, 6) is 0.0638. The molecule has 0 aliphatic heterocycles. The molecular formula is C19H20N4O3S. The smallest absolute Gasteiger partial charge is 0.256 e. The van der Waals surface area contributed by atoms with Crippen molar-refractivity contribution in [2.45, 2.75) is 18.2 Å². The normalized spacial score (nSPS) is 11.3. The number of aromatic nitrogens is 3. The summed E-state index contributed by atoms with van der Waals surface area (Å²) in [6, 6.07) is 13.3. The molecule has 1 amide bonds. The third-order valence-corrected chi connectivity index (χ3v) is 5.89. The van der Waals surface area contributed by atoms with Gasteiger partial charge in [0.25, 0.3) is 5.91 Å². The van der Waals surface area contributed by atoms with Crippen molar-refractivity contribution in [1.29, 1.82) is 0 Å². The van der Waals surface area contributed by atoms with Gasteiger partial charge in [0.2, 0.25) is 0 Å². The Labute approximate surface area is 158 Å². The highest BCUT2D eigenvalue weighted by atomic mass is 32.2. The number of benzene rings is 2. The van der Waals surface area contributed by atoms with Gasteiger partial charge in [-0.25, -0.2) is 13.4 Å². The van der Waals surface area contributed by atoms with E-state index in [0.29, 0.717) is 17.9 Å². The van der Waals surface area contributed by atoms with Crippen LogP contribution in [0.3, 0.4) is 0 Å². The lowest BCUT2D eigenvalue weighted by Crippen LogP contribution is -2.17. The lowest BCUT2D eigenvalue weighted by Gasteiger charge is -2.11. The van der Waals surface area contributed by atoms with Gasteiger partial charge in [-0.3, -0.25) is 9.48 Å². The van der Waals surface area contributed by atoms with Gasteiger partial charge >= 0.3 is 0 Å². The van der Waals surface area contributed by atoms with Gasteiger partial charge in [-0.15, -0.1) is 0 Å². The Morgan fingerprint density at radius 1 is 1.15 bits per heavy atom. The van der Waals surface area contributed by atoms with Crippen LogP contribution in [0.1, 0.15) is 23.7 Å². The van der Waals surface area contributed by atoms with Crippen LogP contribution in [0.4, 0.5) is 5.69 Å². The van der Waals surface area contributed by atoms with E-state index < -0.39 is 15.7 Å². The molecule has 0 atom stereocenters. The molecule has 2 aromatic carbocycles. The lowest BCUT2D eigenvalue weighted by molar-refractivity contribution is 0.102. The zero-order valence-corrected chi connectivity index (χ0v) is 15.9. The third-order valence-electron chi connectivity index (χ3n) is 3.92. The summed E-state index contributed by atoms with van der Waals surface area (Å²) in [7, 11) is -1.74. The average molecular weight is 384 g/mol. The molecule has 1 N–H and O–H groups in total. The molecule has 0 saturated carbocycles. The number of anilines is 1. The van der Waals surface area contributed by atoms with Crippen LogP contribution in [0.5, 0.6) is 0 Å². The van der Waals surface area contributed by atoms with Gasteiger partial charge in [-0.2, -0.15) is 5.10 Å². The van der Waals surface area contributed by atoms with Crippen LogP contribution >= 0.6 is 0 Å². The lowest BCUT2D eigenvalue weighted by atomic mass is 10.1. The van der Waals surface area contributed by atoms with E-state index in [-0.39, 0.29) is 16.2 Å². The fourth-order valence-corrected chi connectivity index (χ4v) is 4.25. The molecule has 27 heavy (non-hydrogen) atoms. The first kappa shape index (κ1) is 18.8. The highest BCUT2D eigenvalue weighted by molar-refractivity contribution is 7.91. The van der Waals surface area contributed by atoms with Crippen LogP contribution in [0.2, 0.25) is 0 Å². The Morgan fingerprint density at radius 3 is 2.63 bits per heavy atom. The maximum absolute atomic E-state index is 12.7. The molecule has 140 valence electrons. The molecule has 3 rings (SSSR count). The summed E-state index contributed by atoms with van der Waals surface area (Å²) in [6.07, 6.45) is 2.08. The first-order valence-corrected chi connectivity index (χ1v) is 10.1. The average Bonchev–Trinajstić information content (AvgIpc) is 3.08. The number of hydrogen-bond acceptors (Lipinski definition) is 5. The third kappa shape index (κ3) is 4.22. The quantitative estimate of drug-likeness (QED) is 0.705. The molecule has 0 radical (unpaired) electrons. The van der Waals surface area contributed by atoms with E-state index in [9.17, 15) is 13.2 Å². The van der Waals surface area contributed by atoms with Gasteiger partial charge < -0.3 is 5.32 Å². The molecule has 0 bridgehead atoms. The predicted octanol–water partition coefficient (Wildman–Crippen LogP) is 2.92. The Kier molecular flexibility index (Phi) is 5.36. The largest absolute Gasteiger partial charge is 0.322 e. The molecule has 0 aliphatic rings. The molecular weight excluding hydrogens is 364 g/mol. The second-order valence-corrected chi connectivity index (χ2v) is 8.17. The van der Waals surface area contributed by atoms with E-state index in [2.05, 4.69) is 15.4 Å². The number of carbonyl (C=O) groups is 1. The fraction of sp³-hybridized carbons (Fsp3) is 0.211. The van der Waals surface area contributed by atoms with Gasteiger partial charge in [0.15, 0.2) is 15.7 Å². The van der Waals surface area contributed by atoms with Gasteiger partial charge in [0, 0.05) is 18.3 Å². The van der Waals surface area contributed by atoms with Crippen LogP contribution in [0.25, 0.3) is 11.4 Å². The molecule has 1 heterocycles. The minimum atomic E-state index is -3.51. The van der Waals surface area contributed by atoms with Crippen molar-refractivity contribution >= 4 is 21.4 Å². The van der Waals surface area contributed by atoms with E-state index in [1.54, 1.807) is 55.3 Å². The van der Waals surface area contributed by atoms with E-state index in [1.807, 2.05) is 6.07 Å². The predicted molar refractivity (Wildman–Crippen MR) is 103 cm³/mol. The number of carbonyl (C=O) groups excluding carboxylic acids is 1. The van der Waals surface area contributed by atoms with E-state index in [1.165, 1.54) is 12.1 Å². The van der Waals surface area contributed by atoms with Crippen LogP contribution in [0.15, 0.2) is 59.8 Å². The summed E-state index contributed by atoms with van der Waals surface area (Å²) in [6.45, 7) is 1.79. The topological polar surface area (TPSA) is 94.0 Å². The summed E-state index contributed by atoms with van der Waals surface area (Å²) in [5.41, 5.74) is 1.42. The van der Waals surface area contributed by atoms with Crippen molar-refractivity contribution in [1.82, 2.24) is 14.8 Å². The standard InChI is InChI=1S/C19H20N4O3S/c1-3-11-27(25,26)17-10-5-4-9-16(17)19(24)21-15-8-6-7-14(12-15)18-20-13-23(2)22-18/h4-10,12-13H,3,11H2,1-2H3,(H,21,24). The summed E-state index contributed by atoms with van der Waals surface area (Å²) < 4.78 is 26.5. The van der Waals surface area contributed by atoms with Crippen molar-refractivity contribution in [3.63, 3.8) is 0 Å². The van der Waals surface area contributed by atoms with Crippen LogP contribution in [0, 0.1) is 0 Å². The second-order valence-electron chi connectivity index (χ2n) is 6.09. The zero-order chi connectivity index (χ0) is 19.4. The highest BCUT2D eigenvalue weighted by Crippen LogP contribution is 2.22. The van der Waals surface area contributed by atoms with E-state index in [4.69, 9.17) is 0 Å². The first-order valence-electron chi connectivity index (χ1n) is 8.50.